The molecular weight excluding hydrogens is 618 g/mol. The highest BCUT2D eigenvalue weighted by atomic mass is 35.5. The summed E-state index contributed by atoms with van der Waals surface area (Å²) in [4.78, 5) is 44.7. The highest BCUT2D eigenvalue weighted by Gasteiger charge is 2.62. The van der Waals surface area contributed by atoms with Crippen molar-refractivity contribution in [1.29, 1.82) is 0 Å². The zero-order chi connectivity index (χ0) is 32.3. The quantitative estimate of drug-likeness (QED) is 0.327. The van der Waals surface area contributed by atoms with Gasteiger partial charge in [-0.15, -0.1) is 0 Å². The number of hydrogen-bond acceptors (Lipinski definition) is 5. The molecule has 2 saturated heterocycles. The van der Waals surface area contributed by atoms with E-state index in [9.17, 15) is 18.8 Å². The van der Waals surface area contributed by atoms with Gasteiger partial charge < -0.3 is 25.2 Å². The summed E-state index contributed by atoms with van der Waals surface area (Å²) in [7, 11) is 0. The van der Waals surface area contributed by atoms with Crippen LogP contribution in [0, 0.1) is 12.7 Å². The van der Waals surface area contributed by atoms with Gasteiger partial charge in [0, 0.05) is 59.9 Å². The van der Waals surface area contributed by atoms with E-state index in [0.717, 1.165) is 16.8 Å². The van der Waals surface area contributed by atoms with Crippen LogP contribution < -0.4 is 15.5 Å². The Morgan fingerprint density at radius 1 is 0.956 bits per heavy atom. The summed E-state index contributed by atoms with van der Waals surface area (Å²) in [5.41, 5.74) is 2.03. The molecule has 3 aliphatic heterocycles. The molecule has 1 spiro atoms. The Hall–Kier alpha value is -3.82. The number of carbonyl (C=O) groups excluding carboxylic acids is 3. The summed E-state index contributed by atoms with van der Waals surface area (Å²) < 4.78 is 20.4. The fraction of sp³-hybridized carbons (Fsp3) is 0.382. The monoisotopic (exact) mass is 652 g/mol. The number of hydrogen-bond donors (Lipinski definition) is 2. The van der Waals surface area contributed by atoms with Crippen molar-refractivity contribution in [2.24, 2.45) is 0 Å². The minimum atomic E-state index is -1.36. The van der Waals surface area contributed by atoms with Crippen molar-refractivity contribution in [2.75, 3.05) is 36.4 Å². The number of anilines is 2. The lowest BCUT2D eigenvalue weighted by Crippen LogP contribution is -2.57. The molecule has 8 nitrogen and oxygen atoms in total. The minimum Gasteiger partial charge on any atom is -0.444 e. The molecule has 3 heterocycles. The Morgan fingerprint density at radius 2 is 1.64 bits per heavy atom. The second-order valence-corrected chi connectivity index (χ2v) is 13.8. The fourth-order valence-corrected chi connectivity index (χ4v) is 7.34. The van der Waals surface area contributed by atoms with Crippen molar-refractivity contribution in [3.05, 3.63) is 92.7 Å². The molecule has 2 N–H and O–H groups in total. The third-order valence-corrected chi connectivity index (χ3v) is 9.41. The highest BCUT2D eigenvalue weighted by Crippen LogP contribution is 2.59. The van der Waals surface area contributed by atoms with E-state index in [2.05, 4.69) is 15.5 Å². The third-order valence-electron chi connectivity index (χ3n) is 8.94. The minimum absolute atomic E-state index is 0.00837. The van der Waals surface area contributed by atoms with Crippen molar-refractivity contribution >= 4 is 52.5 Å². The number of piperazine rings is 1. The van der Waals surface area contributed by atoms with Gasteiger partial charge in [0.1, 0.15) is 16.8 Å². The second-order valence-electron chi connectivity index (χ2n) is 12.9. The molecule has 0 aliphatic carbocycles. The molecule has 2 fully saturated rings. The number of nitrogens with zero attached hydrogens (tertiary/aromatic N) is 2. The second kappa shape index (κ2) is 11.5. The first kappa shape index (κ1) is 31.2. The molecule has 236 valence electrons. The Balaban J connectivity index is 1.48. The predicted octanol–water partition coefficient (Wildman–Crippen LogP) is 6.73. The topological polar surface area (TPSA) is 91.0 Å². The zero-order valence-corrected chi connectivity index (χ0v) is 27.1. The molecule has 0 bridgehead atoms. The van der Waals surface area contributed by atoms with Gasteiger partial charge in [-0.1, -0.05) is 35.3 Å². The molecular formula is C34H35Cl2FN4O4. The number of benzene rings is 3. The summed E-state index contributed by atoms with van der Waals surface area (Å²) in [6, 6.07) is 14.2. The molecule has 3 amide bonds. The van der Waals surface area contributed by atoms with Crippen molar-refractivity contribution < 1.29 is 23.5 Å². The number of rotatable bonds is 3. The van der Waals surface area contributed by atoms with Gasteiger partial charge >= 0.3 is 6.09 Å². The Morgan fingerprint density at radius 3 is 2.36 bits per heavy atom. The Labute approximate surface area is 271 Å². The highest BCUT2D eigenvalue weighted by molar-refractivity contribution is 6.31. The molecule has 3 aliphatic rings. The lowest BCUT2D eigenvalue weighted by molar-refractivity contribution is -0.131. The third kappa shape index (κ3) is 5.61. The van der Waals surface area contributed by atoms with Crippen LogP contribution in [-0.2, 0) is 19.7 Å². The van der Waals surface area contributed by atoms with E-state index in [0.29, 0.717) is 53.0 Å². The normalized spacial score (nSPS) is 23.1. The number of ether oxygens (including phenoxy) is 1. The number of nitrogens with one attached hydrogen (secondary N) is 2. The number of aryl methyl sites for hydroxylation is 1. The smallest absolute Gasteiger partial charge is 0.410 e. The Kier molecular flexibility index (Phi) is 7.98. The average Bonchev–Trinajstić information content (AvgIpc) is 3.25. The van der Waals surface area contributed by atoms with Crippen molar-refractivity contribution in [3.8, 4) is 0 Å². The van der Waals surface area contributed by atoms with Gasteiger partial charge in [0.05, 0.1) is 6.04 Å². The molecule has 6 rings (SSSR count). The van der Waals surface area contributed by atoms with E-state index >= 15 is 0 Å². The number of amides is 3. The van der Waals surface area contributed by atoms with Crippen LogP contribution in [0.3, 0.4) is 0 Å². The molecule has 0 saturated carbocycles. The molecule has 0 radical (unpaired) electrons. The molecule has 0 unspecified atom stereocenters. The molecule has 11 heteroatoms. The first-order valence-corrected chi connectivity index (χ1v) is 15.7. The molecule has 0 aromatic heterocycles. The van der Waals surface area contributed by atoms with E-state index < -0.39 is 28.8 Å². The van der Waals surface area contributed by atoms with Crippen LogP contribution in [0.25, 0.3) is 0 Å². The van der Waals surface area contributed by atoms with E-state index in [4.69, 9.17) is 27.9 Å². The summed E-state index contributed by atoms with van der Waals surface area (Å²) in [6.07, 6.45) is -0.376. The summed E-state index contributed by atoms with van der Waals surface area (Å²) >= 11 is 13.0. The predicted molar refractivity (Wildman–Crippen MR) is 173 cm³/mol. The summed E-state index contributed by atoms with van der Waals surface area (Å²) in [6.45, 7) is 9.21. The van der Waals surface area contributed by atoms with Crippen molar-refractivity contribution in [1.82, 2.24) is 10.2 Å². The van der Waals surface area contributed by atoms with E-state index in [1.807, 2.05) is 45.9 Å². The summed E-state index contributed by atoms with van der Waals surface area (Å²) in [5.74, 6) is -1.74. The largest absolute Gasteiger partial charge is 0.444 e. The molecule has 3 atom stereocenters. The van der Waals surface area contributed by atoms with Crippen LogP contribution in [0.1, 0.15) is 61.4 Å². The van der Waals surface area contributed by atoms with Crippen LogP contribution in [-0.4, -0.2) is 54.6 Å². The van der Waals surface area contributed by atoms with Gasteiger partial charge in [0.25, 0.3) is 0 Å². The van der Waals surface area contributed by atoms with Crippen molar-refractivity contribution in [3.63, 3.8) is 0 Å². The van der Waals surface area contributed by atoms with Crippen LogP contribution in [0.5, 0.6) is 0 Å². The number of fused-ring (bicyclic) bond motifs is 2. The Bertz CT molecular complexity index is 1700. The SMILES string of the molecule is Cc1ccc(F)cc1[C@@H]1NC(=O)C[C@H](c2cc(Cl)ccc2N2CCN(C(=O)OC(C)(C)C)CC2)[C@@]12C(=O)Nc1cc(Cl)ccc12. The van der Waals surface area contributed by atoms with Gasteiger partial charge in [-0.05, 0) is 92.4 Å². The fourth-order valence-electron chi connectivity index (χ4n) is 6.99. The average molecular weight is 654 g/mol. The van der Waals surface area contributed by atoms with Gasteiger partial charge in [-0.25, -0.2) is 9.18 Å². The van der Waals surface area contributed by atoms with Gasteiger partial charge in [-0.2, -0.15) is 0 Å². The van der Waals surface area contributed by atoms with E-state index in [1.165, 1.54) is 12.1 Å². The lowest BCUT2D eigenvalue weighted by atomic mass is 9.58. The first-order chi connectivity index (χ1) is 21.3. The van der Waals surface area contributed by atoms with Gasteiger partial charge in [0.2, 0.25) is 11.8 Å². The summed E-state index contributed by atoms with van der Waals surface area (Å²) in [5, 5.41) is 7.00. The standard InChI is InChI=1S/C34H35Cl2FN4O4/c1-19-5-8-22(37)17-23(19)30-34(25-9-6-21(36)16-27(25)38-31(34)43)26(18-29(42)39-30)24-15-20(35)7-10-28(24)40-11-13-41(14-12-40)32(44)45-33(2,3)4/h5-10,15-17,26,30H,11-14,18H2,1-4H3,(H,38,43)(H,39,42)/t26-,30+,34-/m1/s1. The number of piperidine rings is 1. The van der Waals surface area contributed by atoms with Crippen molar-refractivity contribution in [2.45, 2.75) is 57.1 Å². The maximum absolute atomic E-state index is 14.8. The van der Waals surface area contributed by atoms with Crippen LogP contribution >= 0.6 is 23.2 Å². The molecule has 45 heavy (non-hydrogen) atoms. The first-order valence-electron chi connectivity index (χ1n) is 15.0. The van der Waals surface area contributed by atoms with Crippen LogP contribution in [0.15, 0.2) is 54.6 Å². The lowest BCUT2D eigenvalue weighted by Gasteiger charge is -2.48. The van der Waals surface area contributed by atoms with Gasteiger partial charge in [0.15, 0.2) is 0 Å². The van der Waals surface area contributed by atoms with Gasteiger partial charge in [-0.3, -0.25) is 9.59 Å². The maximum atomic E-state index is 14.8. The van der Waals surface area contributed by atoms with E-state index in [1.54, 1.807) is 29.2 Å². The molecule has 3 aromatic rings. The number of halogens is 3. The van der Waals surface area contributed by atoms with E-state index in [-0.39, 0.29) is 24.3 Å². The zero-order valence-electron chi connectivity index (χ0n) is 25.5. The molecule has 3 aromatic carbocycles. The number of carbonyl (C=O) groups is 3. The maximum Gasteiger partial charge on any atom is 0.410 e. The van der Waals surface area contributed by atoms with Crippen LogP contribution in [0.2, 0.25) is 10.0 Å². The van der Waals surface area contributed by atoms with Crippen LogP contribution in [0.4, 0.5) is 20.6 Å².